The molecule has 0 aliphatic heterocycles. The Morgan fingerprint density at radius 1 is 0.342 bits per heavy atom. The number of hydrogen-bond acceptors (Lipinski definition) is 8. The average Bonchev–Trinajstić information content (AvgIpc) is 2.93. The third kappa shape index (κ3) is 25.2. The van der Waals surface area contributed by atoms with Gasteiger partial charge in [0.1, 0.15) is 0 Å². The predicted molar refractivity (Wildman–Crippen MR) is 149 cm³/mol. The molecule has 8 heteroatoms. The van der Waals surface area contributed by atoms with Gasteiger partial charge in [0.2, 0.25) is 24.3 Å². The van der Waals surface area contributed by atoms with Gasteiger partial charge in [-0.3, -0.25) is 0 Å². The Hall–Kier alpha value is -2.48. The highest BCUT2D eigenvalue weighted by molar-refractivity contribution is 5.26. The van der Waals surface area contributed by atoms with E-state index in [0.29, 0.717) is 0 Å². The molecule has 0 radical (unpaired) electrons. The number of isocyanates is 4. The van der Waals surface area contributed by atoms with E-state index in [1.54, 1.807) is 64.2 Å². The molecule has 0 heterocycles. The molecule has 4 saturated carbocycles. The fraction of sp³-hybridized carbons (Fsp3) is 0.867. The van der Waals surface area contributed by atoms with E-state index in [9.17, 15) is 0 Å². The van der Waals surface area contributed by atoms with Crippen molar-refractivity contribution in [2.75, 3.05) is 0 Å². The maximum Gasteiger partial charge on any atom is 0.231 e. The van der Waals surface area contributed by atoms with E-state index in [1.807, 2.05) is 0 Å². The smallest absolute Gasteiger partial charge is 0.222 e. The molecule has 8 nitrogen and oxygen atoms in total. The van der Waals surface area contributed by atoms with Crippen LogP contribution in [0.3, 0.4) is 0 Å². The third-order valence-corrected chi connectivity index (χ3v) is 8.23. The normalized spacial score (nSPS) is 19.8. The molecule has 4 N–H and O–H groups in total. The van der Waals surface area contributed by atoms with Crippen molar-refractivity contribution >= 4 is 24.3 Å². The molecule has 0 saturated heterocycles. The van der Waals surface area contributed by atoms with Crippen LogP contribution in [0.5, 0.6) is 0 Å². The predicted octanol–water partition coefficient (Wildman–Crippen LogP) is 8.68. The molecule has 0 bridgehead atoms. The highest BCUT2D eigenvalue weighted by Crippen LogP contribution is 2.36. The lowest BCUT2D eigenvalue weighted by Gasteiger charge is -2.28. The van der Waals surface area contributed by atoms with Crippen molar-refractivity contribution < 1.29 is 19.2 Å². The van der Waals surface area contributed by atoms with Crippen LogP contribution in [0.1, 0.15) is 141 Å². The second-order valence-corrected chi connectivity index (χ2v) is 10.9. The molecule has 0 spiro atoms. The lowest BCUT2D eigenvalue weighted by Crippen LogP contribution is -2.14. The Morgan fingerprint density at radius 2 is 0.474 bits per heavy atom. The van der Waals surface area contributed by atoms with E-state index in [-0.39, 0.29) is 0 Å². The van der Waals surface area contributed by atoms with Crippen molar-refractivity contribution in [2.24, 2.45) is 23.7 Å². The number of rotatable bonds is 4. The lowest BCUT2D eigenvalue weighted by molar-refractivity contribution is 0.244. The topological polar surface area (TPSA) is 164 Å². The van der Waals surface area contributed by atoms with Crippen molar-refractivity contribution in [3.63, 3.8) is 0 Å². The van der Waals surface area contributed by atoms with Crippen molar-refractivity contribution in [1.29, 1.82) is 21.6 Å². The summed E-state index contributed by atoms with van der Waals surface area (Å²) in [5, 5.41) is 21.6. The highest BCUT2D eigenvalue weighted by Gasteiger charge is 2.21. The average molecular weight is 533 g/mol. The highest BCUT2D eigenvalue weighted by atomic mass is 16.1. The van der Waals surface area contributed by atoms with Crippen LogP contribution in [0.2, 0.25) is 0 Å². The second-order valence-electron chi connectivity index (χ2n) is 10.9. The molecule has 0 aromatic heterocycles. The number of hydrogen-bond donors (Lipinski definition) is 4. The first-order chi connectivity index (χ1) is 18.6. The second kappa shape index (κ2) is 30.7. The SMILES string of the molecule is C1CCC(CC2CCCCC2)CC1.C1CCC(CC2CCCCC2)CC1.N=C=O.N=C=O.N=C=O.N=C=O. The maximum atomic E-state index is 8.35. The van der Waals surface area contributed by atoms with Crippen molar-refractivity contribution in [3.8, 4) is 0 Å². The Labute approximate surface area is 230 Å². The zero-order valence-corrected chi connectivity index (χ0v) is 23.5. The molecule has 4 aliphatic rings. The minimum Gasteiger partial charge on any atom is -0.222 e. The molecule has 216 valence electrons. The number of carbonyl (C=O) groups excluding carboxylic acids is 4. The summed E-state index contributed by atoms with van der Waals surface area (Å²) in [7, 11) is 0. The van der Waals surface area contributed by atoms with Gasteiger partial charge in [0.15, 0.2) is 0 Å². The van der Waals surface area contributed by atoms with Gasteiger partial charge in [-0.1, -0.05) is 128 Å². The lowest BCUT2D eigenvalue weighted by atomic mass is 9.78. The van der Waals surface area contributed by atoms with Crippen molar-refractivity contribution in [1.82, 2.24) is 0 Å². The molecule has 4 fully saturated rings. The monoisotopic (exact) mass is 532 g/mol. The first-order valence-corrected chi connectivity index (χ1v) is 14.7. The van der Waals surface area contributed by atoms with E-state index < -0.39 is 0 Å². The standard InChI is InChI=1S/2C13H24.4CHNO/c2*1-3-7-12(8-4-1)11-13-9-5-2-6-10-13;4*2-1-3/h2*12-13H,1-11H2;4*2H. The minimum atomic E-state index is 0.750. The Kier molecular flexibility index (Phi) is 30.5. The summed E-state index contributed by atoms with van der Waals surface area (Å²) < 4.78 is 0. The fourth-order valence-corrected chi connectivity index (χ4v) is 6.63. The summed E-state index contributed by atoms with van der Waals surface area (Å²) in [6.45, 7) is 0. The van der Waals surface area contributed by atoms with Gasteiger partial charge in [0, 0.05) is 0 Å². The van der Waals surface area contributed by atoms with Crippen LogP contribution in [-0.4, -0.2) is 24.3 Å². The first kappa shape index (κ1) is 37.7. The van der Waals surface area contributed by atoms with Crippen LogP contribution in [0, 0.1) is 45.3 Å². The van der Waals surface area contributed by atoms with Crippen molar-refractivity contribution in [2.45, 2.75) is 141 Å². The van der Waals surface area contributed by atoms with E-state index >= 15 is 0 Å². The molecule has 0 atom stereocenters. The summed E-state index contributed by atoms with van der Waals surface area (Å²) in [5.41, 5.74) is 0. The molecular weight excluding hydrogens is 480 g/mol. The van der Waals surface area contributed by atoms with Crippen LogP contribution in [-0.2, 0) is 19.2 Å². The summed E-state index contributed by atoms with van der Waals surface area (Å²) >= 11 is 0. The van der Waals surface area contributed by atoms with E-state index in [2.05, 4.69) is 0 Å². The third-order valence-electron chi connectivity index (χ3n) is 8.23. The van der Waals surface area contributed by atoms with Gasteiger partial charge >= 0.3 is 0 Å². The molecule has 38 heavy (non-hydrogen) atoms. The largest absolute Gasteiger partial charge is 0.231 e. The molecule has 0 aromatic carbocycles. The van der Waals surface area contributed by atoms with Gasteiger partial charge in [-0.05, 0) is 36.5 Å². The van der Waals surface area contributed by atoms with Crippen molar-refractivity contribution in [3.05, 3.63) is 0 Å². The zero-order chi connectivity index (χ0) is 28.7. The van der Waals surface area contributed by atoms with Gasteiger partial charge < -0.3 is 0 Å². The van der Waals surface area contributed by atoms with Crippen LogP contribution >= 0.6 is 0 Å². The summed E-state index contributed by atoms with van der Waals surface area (Å²) in [4.78, 5) is 33.4. The minimum absolute atomic E-state index is 0.750. The van der Waals surface area contributed by atoms with Crippen LogP contribution in [0.25, 0.3) is 0 Å². The van der Waals surface area contributed by atoms with Gasteiger partial charge in [0.25, 0.3) is 0 Å². The first-order valence-electron chi connectivity index (χ1n) is 14.7. The summed E-state index contributed by atoms with van der Waals surface area (Å²) in [5.74, 6) is 4.49. The summed E-state index contributed by atoms with van der Waals surface area (Å²) in [6, 6.07) is 0. The van der Waals surface area contributed by atoms with Crippen LogP contribution in [0.4, 0.5) is 0 Å². The molecule has 4 rings (SSSR count). The Bertz CT molecular complexity index is 538. The summed E-state index contributed by atoms with van der Waals surface area (Å²) in [6.07, 6.45) is 36.8. The van der Waals surface area contributed by atoms with Gasteiger partial charge in [-0.2, -0.15) is 0 Å². The van der Waals surface area contributed by atoms with Gasteiger partial charge in [0.05, 0.1) is 0 Å². The van der Waals surface area contributed by atoms with Crippen LogP contribution < -0.4 is 0 Å². The zero-order valence-electron chi connectivity index (χ0n) is 23.5. The van der Waals surface area contributed by atoms with Crippen LogP contribution in [0.15, 0.2) is 0 Å². The maximum absolute atomic E-state index is 8.35. The van der Waals surface area contributed by atoms with Gasteiger partial charge in [-0.25, -0.2) is 40.8 Å². The Balaban J connectivity index is 0. The molecule has 0 amide bonds. The van der Waals surface area contributed by atoms with E-state index in [1.165, 1.54) is 77.0 Å². The fourth-order valence-electron chi connectivity index (χ4n) is 6.63. The molecule has 4 aliphatic carbocycles. The molecular formula is C30H52N4O4. The van der Waals surface area contributed by atoms with Gasteiger partial charge in [-0.15, -0.1) is 0 Å². The Morgan fingerprint density at radius 3 is 0.605 bits per heavy atom. The molecule has 0 aromatic rings. The molecule has 0 unspecified atom stereocenters. The van der Waals surface area contributed by atoms with E-state index in [4.69, 9.17) is 40.8 Å². The van der Waals surface area contributed by atoms with E-state index in [0.717, 1.165) is 48.0 Å². The quantitative estimate of drug-likeness (QED) is 0.210. The number of nitrogens with one attached hydrogen (secondary N) is 4.